The van der Waals surface area contributed by atoms with E-state index in [0.717, 1.165) is 25.3 Å². The Hall–Kier alpha value is -1.09. The van der Waals surface area contributed by atoms with Crippen LogP contribution in [0.25, 0.3) is 0 Å². The Morgan fingerprint density at radius 3 is 3.42 bits per heavy atom. The molecule has 0 unspecified atom stereocenters. The monoisotopic (exact) mass is 163 g/mol. The number of fused-ring (bicyclic) bond motifs is 1. The molecule has 1 aliphatic heterocycles. The molecule has 64 valence electrons. The lowest BCUT2D eigenvalue weighted by Crippen LogP contribution is -2.07. The van der Waals surface area contributed by atoms with Crippen LogP contribution in [0.4, 0.5) is 5.82 Å². The lowest BCUT2D eigenvalue weighted by Gasteiger charge is -2.05. The predicted molar refractivity (Wildman–Crippen MR) is 49.2 cm³/mol. The highest BCUT2D eigenvalue weighted by atomic mass is 15.0. The van der Waals surface area contributed by atoms with Crippen molar-refractivity contribution in [2.45, 2.75) is 13.0 Å². The second-order valence-electron chi connectivity index (χ2n) is 3.00. The molecule has 2 N–H and O–H groups in total. The number of anilines is 1. The lowest BCUT2D eigenvalue weighted by atomic mass is 10.1. The Bertz CT molecular complexity index is 283. The van der Waals surface area contributed by atoms with Gasteiger partial charge < -0.3 is 10.6 Å². The predicted octanol–water partition coefficient (Wildman–Crippen LogP) is 0.769. The number of hydrogen-bond donors (Lipinski definition) is 2. The highest BCUT2D eigenvalue weighted by Gasteiger charge is 2.13. The molecule has 0 bridgehead atoms. The molecule has 0 aliphatic carbocycles. The van der Waals surface area contributed by atoms with Crippen LogP contribution in [0.15, 0.2) is 12.3 Å². The Labute approximate surface area is 72.2 Å². The highest BCUT2D eigenvalue weighted by Crippen LogP contribution is 2.22. The molecule has 1 aromatic rings. The molecule has 0 radical (unpaired) electrons. The van der Waals surface area contributed by atoms with Crippen LogP contribution < -0.4 is 10.6 Å². The van der Waals surface area contributed by atoms with Crippen LogP contribution in [-0.2, 0) is 13.0 Å². The van der Waals surface area contributed by atoms with E-state index in [4.69, 9.17) is 0 Å². The van der Waals surface area contributed by atoms with Crippen LogP contribution in [0.2, 0.25) is 0 Å². The minimum absolute atomic E-state index is 0.937. The molecule has 12 heavy (non-hydrogen) atoms. The zero-order valence-corrected chi connectivity index (χ0v) is 7.22. The summed E-state index contributed by atoms with van der Waals surface area (Å²) in [6.07, 6.45) is 2.98. The molecule has 1 aliphatic rings. The molecule has 0 fully saturated rings. The molecule has 2 heterocycles. The average Bonchev–Trinajstić information content (AvgIpc) is 2.53. The molecule has 0 saturated carbocycles. The van der Waals surface area contributed by atoms with Gasteiger partial charge in [-0.25, -0.2) is 4.98 Å². The molecule has 3 nitrogen and oxygen atoms in total. The summed E-state index contributed by atoms with van der Waals surface area (Å²) >= 11 is 0. The molecule has 0 atom stereocenters. The molecule has 1 aromatic heterocycles. The zero-order valence-electron chi connectivity index (χ0n) is 7.22. The Morgan fingerprint density at radius 1 is 1.67 bits per heavy atom. The van der Waals surface area contributed by atoms with Gasteiger partial charge in [0, 0.05) is 24.8 Å². The summed E-state index contributed by atoms with van der Waals surface area (Å²) in [5, 5.41) is 6.42. The third-order valence-corrected chi connectivity index (χ3v) is 2.19. The second kappa shape index (κ2) is 3.11. The minimum atomic E-state index is 0.937. The Morgan fingerprint density at radius 2 is 2.58 bits per heavy atom. The van der Waals surface area contributed by atoms with E-state index >= 15 is 0 Å². The molecule has 0 saturated heterocycles. The number of rotatable bonds is 2. The van der Waals surface area contributed by atoms with Crippen LogP contribution in [-0.4, -0.2) is 18.6 Å². The van der Waals surface area contributed by atoms with Crippen molar-refractivity contribution in [1.82, 2.24) is 10.3 Å². The SMILES string of the molecule is CNCc1ccnc2c1CCN2. The smallest absolute Gasteiger partial charge is 0.129 e. The number of pyridine rings is 1. The number of hydrogen-bond acceptors (Lipinski definition) is 3. The zero-order chi connectivity index (χ0) is 8.39. The van der Waals surface area contributed by atoms with Crippen molar-refractivity contribution in [3.8, 4) is 0 Å². The first-order chi connectivity index (χ1) is 5.92. The van der Waals surface area contributed by atoms with Gasteiger partial charge in [0.05, 0.1) is 0 Å². The lowest BCUT2D eigenvalue weighted by molar-refractivity contribution is 0.807. The van der Waals surface area contributed by atoms with Crippen LogP contribution in [0.3, 0.4) is 0 Å². The fourth-order valence-electron chi connectivity index (χ4n) is 1.63. The minimum Gasteiger partial charge on any atom is -0.370 e. The Balaban J connectivity index is 2.36. The van der Waals surface area contributed by atoms with Crippen molar-refractivity contribution < 1.29 is 0 Å². The first-order valence-electron chi connectivity index (χ1n) is 4.27. The molecule has 0 amide bonds. The van der Waals surface area contributed by atoms with E-state index in [1.165, 1.54) is 11.1 Å². The van der Waals surface area contributed by atoms with Gasteiger partial charge in [-0.15, -0.1) is 0 Å². The molecular weight excluding hydrogens is 150 g/mol. The van der Waals surface area contributed by atoms with E-state index in [1.54, 1.807) is 0 Å². The summed E-state index contributed by atoms with van der Waals surface area (Å²) in [6, 6.07) is 2.09. The van der Waals surface area contributed by atoms with Gasteiger partial charge >= 0.3 is 0 Å². The molecule has 0 spiro atoms. The molecule has 3 heteroatoms. The average molecular weight is 163 g/mol. The van der Waals surface area contributed by atoms with Gasteiger partial charge in [0.15, 0.2) is 0 Å². The van der Waals surface area contributed by atoms with Gasteiger partial charge in [-0.1, -0.05) is 0 Å². The maximum absolute atomic E-state index is 4.26. The van der Waals surface area contributed by atoms with Crippen LogP contribution in [0, 0.1) is 0 Å². The maximum atomic E-state index is 4.26. The summed E-state index contributed by atoms with van der Waals surface area (Å²) in [6.45, 7) is 1.97. The van der Waals surface area contributed by atoms with E-state index in [-0.39, 0.29) is 0 Å². The van der Waals surface area contributed by atoms with Crippen molar-refractivity contribution in [2.24, 2.45) is 0 Å². The van der Waals surface area contributed by atoms with E-state index < -0.39 is 0 Å². The summed E-state index contributed by atoms with van der Waals surface area (Å²) in [5.41, 5.74) is 2.75. The second-order valence-corrected chi connectivity index (χ2v) is 3.00. The van der Waals surface area contributed by atoms with Gasteiger partial charge in [0.25, 0.3) is 0 Å². The van der Waals surface area contributed by atoms with Crippen LogP contribution in [0.1, 0.15) is 11.1 Å². The van der Waals surface area contributed by atoms with Gasteiger partial charge in [0.2, 0.25) is 0 Å². The van der Waals surface area contributed by atoms with Gasteiger partial charge in [-0.05, 0) is 25.1 Å². The maximum Gasteiger partial charge on any atom is 0.129 e. The largest absolute Gasteiger partial charge is 0.370 e. The van der Waals surface area contributed by atoms with Crippen molar-refractivity contribution in [3.63, 3.8) is 0 Å². The summed E-state index contributed by atoms with van der Waals surface area (Å²) in [7, 11) is 1.97. The van der Waals surface area contributed by atoms with Crippen molar-refractivity contribution in [2.75, 3.05) is 18.9 Å². The first kappa shape index (κ1) is 7.55. The molecular formula is C9H13N3. The van der Waals surface area contributed by atoms with Crippen LogP contribution >= 0.6 is 0 Å². The third kappa shape index (κ3) is 1.16. The summed E-state index contributed by atoms with van der Waals surface area (Å²) in [5.74, 6) is 1.07. The topological polar surface area (TPSA) is 37.0 Å². The highest BCUT2D eigenvalue weighted by molar-refractivity contribution is 5.52. The third-order valence-electron chi connectivity index (χ3n) is 2.19. The van der Waals surface area contributed by atoms with E-state index in [1.807, 2.05) is 13.2 Å². The normalized spacial score (nSPS) is 14.1. The van der Waals surface area contributed by atoms with E-state index in [0.29, 0.717) is 0 Å². The number of aromatic nitrogens is 1. The summed E-state index contributed by atoms with van der Waals surface area (Å²) < 4.78 is 0. The van der Waals surface area contributed by atoms with Gasteiger partial charge in [-0.3, -0.25) is 0 Å². The Kier molecular flexibility index (Phi) is 1.96. The standard InChI is InChI=1S/C9H13N3/c1-10-6-7-2-4-11-9-8(7)3-5-12-9/h2,4,10H,3,5-6H2,1H3,(H,11,12). The molecule has 2 rings (SSSR count). The summed E-state index contributed by atoms with van der Waals surface area (Å²) in [4.78, 5) is 4.26. The van der Waals surface area contributed by atoms with E-state index in [2.05, 4.69) is 21.7 Å². The van der Waals surface area contributed by atoms with Crippen molar-refractivity contribution in [1.29, 1.82) is 0 Å². The van der Waals surface area contributed by atoms with Crippen molar-refractivity contribution in [3.05, 3.63) is 23.4 Å². The fraction of sp³-hybridized carbons (Fsp3) is 0.444. The fourth-order valence-corrected chi connectivity index (χ4v) is 1.63. The quantitative estimate of drug-likeness (QED) is 0.676. The van der Waals surface area contributed by atoms with Gasteiger partial charge in [0.1, 0.15) is 5.82 Å². The van der Waals surface area contributed by atoms with E-state index in [9.17, 15) is 0 Å². The first-order valence-corrected chi connectivity index (χ1v) is 4.27. The number of nitrogens with zero attached hydrogens (tertiary/aromatic N) is 1. The number of nitrogens with one attached hydrogen (secondary N) is 2. The van der Waals surface area contributed by atoms with Gasteiger partial charge in [-0.2, -0.15) is 0 Å². The molecule has 0 aromatic carbocycles. The van der Waals surface area contributed by atoms with Crippen molar-refractivity contribution >= 4 is 5.82 Å². The van der Waals surface area contributed by atoms with Crippen LogP contribution in [0.5, 0.6) is 0 Å².